The molecule has 3 amide bonds. The highest BCUT2D eigenvalue weighted by Gasteiger charge is 2.33. The van der Waals surface area contributed by atoms with Gasteiger partial charge in [-0.15, -0.1) is 0 Å². The number of likely N-dealkylation sites (N-methyl/N-ethyl adjacent to an activating group) is 3. The van der Waals surface area contributed by atoms with Crippen molar-refractivity contribution < 1.29 is 68.1 Å². The van der Waals surface area contributed by atoms with Gasteiger partial charge in [0.2, 0.25) is 47.8 Å². The number of nitrogens with two attached hydrogens (primary N) is 1. The summed E-state index contributed by atoms with van der Waals surface area (Å²) in [6.07, 6.45) is 0.424. The fourth-order valence-electron chi connectivity index (χ4n) is 13.6. The van der Waals surface area contributed by atoms with Crippen LogP contribution in [0.25, 0.3) is 0 Å². The molecule has 3 aliphatic rings. The zero-order valence-electron chi connectivity index (χ0n) is 61.9. The van der Waals surface area contributed by atoms with Gasteiger partial charge in [0, 0.05) is 151 Å². The summed E-state index contributed by atoms with van der Waals surface area (Å²) in [4.78, 5) is 46.2. The zero-order valence-corrected chi connectivity index (χ0v) is 68.9. The summed E-state index contributed by atoms with van der Waals surface area (Å²) in [6, 6.07) is 31.3. The number of hydrogen-bond donors (Lipinski definition) is 7. The Balaban J connectivity index is 0.651. The van der Waals surface area contributed by atoms with E-state index in [9.17, 15) is 39.6 Å². The molecule has 0 aliphatic carbocycles. The molecule has 110 heavy (non-hydrogen) atoms. The van der Waals surface area contributed by atoms with Crippen molar-refractivity contribution in [3.8, 4) is 0 Å². The lowest BCUT2D eigenvalue weighted by atomic mass is 9.84. The number of halogens is 6. The van der Waals surface area contributed by atoms with Gasteiger partial charge in [-0.1, -0.05) is 106 Å². The highest BCUT2D eigenvalue weighted by Crippen LogP contribution is 2.42. The molecular formula is C76H98Cl6N10O15S3. The second-order valence-electron chi connectivity index (χ2n) is 27.6. The first-order valence-corrected chi connectivity index (χ1v) is 43.1. The van der Waals surface area contributed by atoms with Gasteiger partial charge >= 0.3 is 0 Å². The number of benzene rings is 6. The minimum Gasteiger partial charge on any atom is -0.378 e. The Hall–Kier alpha value is -5.20. The summed E-state index contributed by atoms with van der Waals surface area (Å²) in [5.41, 5.74) is 14.1. The molecule has 3 aliphatic heterocycles. The Bertz CT molecular complexity index is 4030. The SMILES string of the molecule is CN1Cc2c(Cl)cc(Cl)cc2C(c2cccc(S(=O)(=O)NCCOCCOCCNC(=O)CCC(N)(CCC(=O)NCCOCCOCCNS(=O)(=O)c3cccc(C4CN(C)Cc5c(Cl)cc(Cl)cc54)c3)CCC(=O)NCCOCCOCCNS(=O)(=O)c3cccc(C4CN(C)Cc5c(Cl)cc(Cl)cc54)c3)c2)C1. The summed E-state index contributed by atoms with van der Waals surface area (Å²) in [6.45, 7) is 6.27. The van der Waals surface area contributed by atoms with Gasteiger partial charge in [-0.3, -0.25) is 14.4 Å². The molecule has 0 saturated heterocycles. The molecule has 9 rings (SSSR count). The molecule has 0 radical (unpaired) electrons. The van der Waals surface area contributed by atoms with Crippen molar-refractivity contribution in [2.75, 3.05) is 159 Å². The Morgan fingerprint density at radius 3 is 0.909 bits per heavy atom. The number of fused-ring (bicyclic) bond motifs is 3. The summed E-state index contributed by atoms with van der Waals surface area (Å²) >= 11 is 38.9. The summed E-state index contributed by atoms with van der Waals surface area (Å²) < 4.78 is 122. The van der Waals surface area contributed by atoms with Crippen molar-refractivity contribution in [2.45, 2.75) is 96.1 Å². The molecule has 3 unspecified atom stereocenters. The lowest BCUT2D eigenvalue weighted by Crippen LogP contribution is -2.44. The van der Waals surface area contributed by atoms with Crippen molar-refractivity contribution >= 4 is 117 Å². The van der Waals surface area contributed by atoms with Crippen molar-refractivity contribution in [3.63, 3.8) is 0 Å². The molecule has 34 heteroatoms. The van der Waals surface area contributed by atoms with Crippen molar-refractivity contribution in [3.05, 3.63) is 189 Å². The Kier molecular flexibility index (Phi) is 34.7. The standard InChI is InChI=1S/C76H98Cl6N10O15S3/c1-90-46-64(61-40-55(77)43-70(80)67(61)49-90)52-7-4-10-58(37-52)108(96,97)87-22-28-105-34-31-102-25-19-84-73(93)13-16-76(83,17-14-74(94)85-20-26-103-32-35-106-29-23-88-109(98,99)59-11-5-8-53(38-59)65-47-91(2)50-68-62(65)41-56(78)44-71(68)81)18-15-75(95)86-21-27-104-33-36-107-30-24-89-110(100,101)60-12-6-9-54(39-60)66-48-92(3)51-69-63(66)42-57(79)45-72(69)82/h4-12,37-45,64-66,87-89H,13-36,46-51,83H2,1-3H3,(H,84,93)(H,85,94)(H,86,95). The van der Waals surface area contributed by atoms with Gasteiger partial charge in [-0.25, -0.2) is 39.4 Å². The van der Waals surface area contributed by atoms with E-state index in [-0.39, 0.29) is 207 Å². The van der Waals surface area contributed by atoms with E-state index in [2.05, 4.69) is 44.8 Å². The Labute approximate surface area is 675 Å². The molecule has 0 spiro atoms. The number of ether oxygens (including phenoxy) is 6. The Morgan fingerprint density at radius 2 is 0.645 bits per heavy atom. The lowest BCUT2D eigenvalue weighted by Gasteiger charge is -2.33. The zero-order chi connectivity index (χ0) is 79.0. The summed E-state index contributed by atoms with van der Waals surface area (Å²) in [5, 5.41) is 11.7. The van der Waals surface area contributed by atoms with E-state index >= 15 is 0 Å². The van der Waals surface area contributed by atoms with Crippen LogP contribution in [0.4, 0.5) is 0 Å². The van der Waals surface area contributed by atoms with E-state index in [1.54, 1.807) is 72.8 Å². The van der Waals surface area contributed by atoms with Crippen LogP contribution in [0.1, 0.15) is 106 Å². The number of nitrogens with zero attached hydrogens (tertiary/aromatic N) is 3. The fraction of sp³-hybridized carbons (Fsp3) is 0.487. The summed E-state index contributed by atoms with van der Waals surface area (Å²) in [7, 11) is -5.67. The van der Waals surface area contributed by atoms with Gasteiger partial charge in [0.1, 0.15) is 0 Å². The number of sulfonamides is 3. The quantitative estimate of drug-likeness (QED) is 0.0175. The third-order valence-corrected chi connectivity index (χ3v) is 25.2. The molecule has 8 N–H and O–H groups in total. The third kappa shape index (κ3) is 27.0. The van der Waals surface area contributed by atoms with Crippen LogP contribution in [-0.4, -0.2) is 223 Å². The molecule has 6 aromatic carbocycles. The van der Waals surface area contributed by atoms with Crippen LogP contribution in [0.2, 0.25) is 30.1 Å². The molecule has 6 aromatic rings. The van der Waals surface area contributed by atoms with Crippen LogP contribution in [-0.2, 0) is 92.5 Å². The molecule has 0 aromatic heterocycles. The lowest BCUT2D eigenvalue weighted by molar-refractivity contribution is -0.121. The van der Waals surface area contributed by atoms with Gasteiger partial charge in [0.05, 0.1) is 94.0 Å². The first kappa shape index (κ1) is 88.7. The monoisotopic (exact) mass is 1700 g/mol. The number of carbonyl (C=O) groups excluding carboxylic acids is 3. The van der Waals surface area contributed by atoms with E-state index < -0.39 is 35.6 Å². The van der Waals surface area contributed by atoms with Gasteiger partial charge in [0.15, 0.2) is 0 Å². The van der Waals surface area contributed by atoms with Crippen molar-refractivity contribution in [1.29, 1.82) is 0 Å². The maximum Gasteiger partial charge on any atom is 0.240 e. The molecule has 0 fully saturated rings. The Morgan fingerprint density at radius 1 is 0.391 bits per heavy atom. The van der Waals surface area contributed by atoms with Gasteiger partial charge < -0.3 is 64.8 Å². The van der Waals surface area contributed by atoms with Gasteiger partial charge in [-0.2, -0.15) is 0 Å². The van der Waals surface area contributed by atoms with Crippen LogP contribution < -0.4 is 35.9 Å². The predicted molar refractivity (Wildman–Crippen MR) is 427 cm³/mol. The molecule has 0 saturated carbocycles. The highest BCUT2D eigenvalue weighted by molar-refractivity contribution is 7.90. The van der Waals surface area contributed by atoms with Gasteiger partial charge in [0.25, 0.3) is 0 Å². The first-order valence-electron chi connectivity index (χ1n) is 36.4. The van der Waals surface area contributed by atoms with Crippen molar-refractivity contribution in [1.82, 2.24) is 44.8 Å². The maximum absolute atomic E-state index is 13.4. The molecule has 0 bridgehead atoms. The predicted octanol–water partition coefficient (Wildman–Crippen LogP) is 9.06. The van der Waals surface area contributed by atoms with E-state index in [1.165, 1.54) is 0 Å². The second-order valence-corrected chi connectivity index (χ2v) is 35.4. The third-order valence-electron chi connectivity index (χ3n) is 19.2. The smallest absolute Gasteiger partial charge is 0.240 e. The number of nitrogens with one attached hydrogen (secondary N) is 6. The van der Waals surface area contributed by atoms with Crippen LogP contribution in [0, 0.1) is 0 Å². The number of rotatable bonds is 45. The largest absolute Gasteiger partial charge is 0.378 e. The van der Waals surface area contributed by atoms with Crippen LogP contribution in [0.5, 0.6) is 0 Å². The minimum atomic E-state index is -3.88. The maximum atomic E-state index is 13.4. The second kappa shape index (κ2) is 43.0. The normalized spacial score (nSPS) is 16.9. The first-order chi connectivity index (χ1) is 52.6. The summed E-state index contributed by atoms with van der Waals surface area (Å²) in [5.74, 6) is -1.36. The highest BCUT2D eigenvalue weighted by atomic mass is 35.5. The molecule has 3 heterocycles. The molecule has 25 nitrogen and oxygen atoms in total. The average molecular weight is 1700 g/mol. The average Bonchev–Trinajstić information content (AvgIpc) is 0.782. The number of amides is 3. The van der Waals surface area contributed by atoms with Crippen molar-refractivity contribution in [2.24, 2.45) is 5.73 Å². The van der Waals surface area contributed by atoms with E-state index in [1.807, 2.05) is 57.5 Å². The molecule has 602 valence electrons. The van der Waals surface area contributed by atoms with E-state index in [4.69, 9.17) is 104 Å². The van der Waals surface area contributed by atoms with E-state index in [0.29, 0.717) is 69.4 Å². The number of carbonyl (C=O) groups is 3. The van der Waals surface area contributed by atoms with Gasteiger partial charge in [-0.05, 0) is 163 Å². The van der Waals surface area contributed by atoms with E-state index in [0.717, 1.165) is 50.1 Å². The van der Waals surface area contributed by atoms with Crippen LogP contribution in [0.15, 0.2) is 124 Å². The van der Waals surface area contributed by atoms with Crippen LogP contribution in [0.3, 0.4) is 0 Å². The fourth-order valence-corrected chi connectivity index (χ4v) is 18.5. The minimum absolute atomic E-state index is 0.00771. The number of hydrogen-bond acceptors (Lipinski definition) is 19. The molecular weight excluding hydrogens is 1600 g/mol. The van der Waals surface area contributed by atoms with Crippen LogP contribution >= 0.6 is 69.6 Å². The molecule has 3 atom stereocenters. The topological polar surface area (TPSA) is 317 Å².